The predicted molar refractivity (Wildman–Crippen MR) is 60.9 cm³/mol. The minimum absolute atomic E-state index is 0.227. The second kappa shape index (κ2) is 3.27. The van der Waals surface area contributed by atoms with Crippen molar-refractivity contribution >= 4 is 0 Å². The number of hydrogen-bond acceptors (Lipinski definition) is 1. The van der Waals surface area contributed by atoms with Gasteiger partial charge >= 0.3 is 0 Å². The molecule has 0 saturated carbocycles. The Labute approximate surface area is 90.1 Å². The molecular weight excluding hydrogens is 184 g/mol. The van der Waals surface area contributed by atoms with E-state index in [2.05, 4.69) is 31.2 Å². The highest BCUT2D eigenvalue weighted by atomic mass is 16.5. The Morgan fingerprint density at radius 1 is 1.13 bits per heavy atom. The lowest BCUT2D eigenvalue weighted by atomic mass is 9.89. The van der Waals surface area contributed by atoms with E-state index in [9.17, 15) is 0 Å². The monoisotopic (exact) mass is 198 g/mol. The molecule has 0 N–H and O–H groups in total. The molecule has 0 spiro atoms. The van der Waals surface area contributed by atoms with Gasteiger partial charge in [0.05, 0.1) is 0 Å². The van der Waals surface area contributed by atoms with Crippen LogP contribution in [0, 0.1) is 0 Å². The Bertz CT molecular complexity index is 454. The van der Waals surface area contributed by atoms with Crippen molar-refractivity contribution in [1.82, 2.24) is 0 Å². The third kappa shape index (κ3) is 1.39. The smallest absolute Gasteiger partial charge is 0.149 e. The zero-order valence-electron chi connectivity index (χ0n) is 8.86. The third-order valence-corrected chi connectivity index (χ3v) is 3.17. The first-order chi connectivity index (χ1) is 7.34. The highest BCUT2D eigenvalue weighted by molar-refractivity contribution is 5.47. The van der Waals surface area contributed by atoms with Gasteiger partial charge in [-0.05, 0) is 31.4 Å². The van der Waals surface area contributed by atoms with E-state index >= 15 is 0 Å². The topological polar surface area (TPSA) is 9.23 Å². The van der Waals surface area contributed by atoms with E-state index in [-0.39, 0.29) is 6.10 Å². The summed E-state index contributed by atoms with van der Waals surface area (Å²) in [5.74, 6) is 1.05. The van der Waals surface area contributed by atoms with Gasteiger partial charge in [-0.25, -0.2) is 0 Å². The number of hydrogen-bond donors (Lipinski definition) is 0. The van der Waals surface area contributed by atoms with Crippen LogP contribution in [0.5, 0.6) is 5.75 Å². The fourth-order valence-corrected chi connectivity index (χ4v) is 2.19. The van der Waals surface area contributed by atoms with Gasteiger partial charge in [0.2, 0.25) is 0 Å². The van der Waals surface area contributed by atoms with Crippen molar-refractivity contribution in [2.24, 2.45) is 0 Å². The Morgan fingerprint density at radius 2 is 2.00 bits per heavy atom. The van der Waals surface area contributed by atoms with E-state index in [0.717, 1.165) is 12.2 Å². The molecule has 1 aromatic rings. The molecule has 1 atom stereocenters. The molecule has 76 valence electrons. The number of benzene rings is 1. The molecule has 3 rings (SSSR count). The fraction of sp³-hybridized carbons (Fsp3) is 0.286. The second-order valence-corrected chi connectivity index (χ2v) is 4.29. The molecule has 15 heavy (non-hydrogen) atoms. The van der Waals surface area contributed by atoms with Crippen molar-refractivity contribution in [2.75, 3.05) is 0 Å². The maximum atomic E-state index is 5.76. The van der Waals surface area contributed by atoms with E-state index in [4.69, 9.17) is 4.74 Å². The second-order valence-electron chi connectivity index (χ2n) is 4.29. The standard InChI is InChI=1S/C14H14O/c1-10-6-8-11(9-7-10)14-12-4-2-3-5-13(12)15-14/h2-6,8,14H,7,9H2,1H3. The normalized spacial score (nSPS) is 23.1. The summed E-state index contributed by atoms with van der Waals surface area (Å²) in [7, 11) is 0. The molecule has 1 nitrogen and oxygen atoms in total. The van der Waals surface area contributed by atoms with Crippen molar-refractivity contribution in [3.05, 3.63) is 53.1 Å². The number of ether oxygens (including phenoxy) is 1. The molecule has 1 aliphatic heterocycles. The molecule has 0 amide bonds. The van der Waals surface area contributed by atoms with E-state index in [1.165, 1.54) is 23.1 Å². The lowest BCUT2D eigenvalue weighted by Gasteiger charge is -2.33. The van der Waals surface area contributed by atoms with Gasteiger partial charge in [0.15, 0.2) is 0 Å². The first-order valence-corrected chi connectivity index (χ1v) is 5.46. The summed E-state index contributed by atoms with van der Waals surface area (Å²) in [6.07, 6.45) is 6.98. The van der Waals surface area contributed by atoms with E-state index in [1.807, 2.05) is 12.1 Å². The Hall–Kier alpha value is -1.50. The van der Waals surface area contributed by atoms with Crippen LogP contribution >= 0.6 is 0 Å². The van der Waals surface area contributed by atoms with Crippen LogP contribution in [-0.4, -0.2) is 0 Å². The summed E-state index contributed by atoms with van der Waals surface area (Å²) < 4.78 is 5.76. The molecule has 0 aromatic heterocycles. The molecule has 1 heterocycles. The number of fused-ring (bicyclic) bond motifs is 1. The Kier molecular flexibility index (Phi) is 1.91. The van der Waals surface area contributed by atoms with Gasteiger partial charge in [-0.15, -0.1) is 0 Å². The maximum absolute atomic E-state index is 5.76. The van der Waals surface area contributed by atoms with Gasteiger partial charge in [0, 0.05) is 5.56 Å². The average molecular weight is 198 g/mol. The predicted octanol–water partition coefficient (Wildman–Crippen LogP) is 3.79. The summed E-state index contributed by atoms with van der Waals surface area (Å²) in [4.78, 5) is 0. The molecule has 0 fully saturated rings. The van der Waals surface area contributed by atoms with Crippen molar-refractivity contribution in [3.63, 3.8) is 0 Å². The van der Waals surface area contributed by atoms with Crippen LogP contribution in [0.1, 0.15) is 31.4 Å². The number of rotatable bonds is 1. The molecule has 1 aliphatic carbocycles. The van der Waals surface area contributed by atoms with E-state index in [0.29, 0.717) is 0 Å². The molecule has 1 heteroatoms. The third-order valence-electron chi connectivity index (χ3n) is 3.17. The van der Waals surface area contributed by atoms with Crippen molar-refractivity contribution in [2.45, 2.75) is 25.9 Å². The van der Waals surface area contributed by atoms with Crippen LogP contribution < -0.4 is 4.74 Å². The summed E-state index contributed by atoms with van der Waals surface area (Å²) in [5.41, 5.74) is 4.22. The van der Waals surface area contributed by atoms with E-state index < -0.39 is 0 Å². The highest BCUT2D eigenvalue weighted by Gasteiger charge is 2.30. The van der Waals surface area contributed by atoms with Gasteiger partial charge in [-0.1, -0.05) is 35.9 Å². The lowest BCUT2D eigenvalue weighted by molar-refractivity contribution is 0.177. The zero-order chi connectivity index (χ0) is 10.3. The summed E-state index contributed by atoms with van der Waals surface area (Å²) in [6.45, 7) is 2.18. The minimum Gasteiger partial charge on any atom is -0.481 e. The van der Waals surface area contributed by atoms with Gasteiger partial charge in [-0.3, -0.25) is 0 Å². The van der Waals surface area contributed by atoms with E-state index in [1.54, 1.807) is 0 Å². The van der Waals surface area contributed by atoms with Crippen molar-refractivity contribution < 1.29 is 4.74 Å². The van der Waals surface area contributed by atoms with Crippen molar-refractivity contribution in [3.8, 4) is 5.75 Å². The van der Waals surface area contributed by atoms with Crippen molar-refractivity contribution in [1.29, 1.82) is 0 Å². The lowest BCUT2D eigenvalue weighted by Crippen LogP contribution is -2.21. The first kappa shape index (κ1) is 8.78. The average Bonchev–Trinajstić information content (AvgIpc) is 2.23. The van der Waals surface area contributed by atoms with Gasteiger partial charge in [0.1, 0.15) is 11.9 Å². The van der Waals surface area contributed by atoms with Crippen LogP contribution in [0.2, 0.25) is 0 Å². The zero-order valence-corrected chi connectivity index (χ0v) is 8.86. The molecule has 0 saturated heterocycles. The van der Waals surface area contributed by atoms with Crippen LogP contribution in [-0.2, 0) is 0 Å². The Morgan fingerprint density at radius 3 is 2.73 bits per heavy atom. The highest BCUT2D eigenvalue weighted by Crippen LogP contribution is 2.45. The van der Waals surface area contributed by atoms with Crippen LogP contribution in [0.4, 0.5) is 0 Å². The first-order valence-electron chi connectivity index (χ1n) is 5.46. The number of para-hydroxylation sites is 1. The largest absolute Gasteiger partial charge is 0.481 e. The SMILES string of the molecule is CC1=CC=C(C2Oc3ccccc32)CC1. The van der Waals surface area contributed by atoms with Gasteiger partial charge in [0.25, 0.3) is 0 Å². The summed E-state index contributed by atoms with van der Waals surface area (Å²) >= 11 is 0. The molecule has 2 aliphatic rings. The van der Waals surface area contributed by atoms with Crippen LogP contribution in [0.3, 0.4) is 0 Å². The Balaban J connectivity index is 1.88. The minimum atomic E-state index is 0.227. The van der Waals surface area contributed by atoms with Crippen LogP contribution in [0.15, 0.2) is 47.6 Å². The maximum Gasteiger partial charge on any atom is 0.149 e. The summed E-state index contributed by atoms with van der Waals surface area (Å²) in [6, 6.07) is 8.30. The van der Waals surface area contributed by atoms with Gasteiger partial charge < -0.3 is 4.74 Å². The molecule has 0 bridgehead atoms. The summed E-state index contributed by atoms with van der Waals surface area (Å²) in [5, 5.41) is 0. The fourth-order valence-electron chi connectivity index (χ4n) is 2.19. The number of allylic oxidation sites excluding steroid dienone is 3. The van der Waals surface area contributed by atoms with Crippen LogP contribution in [0.25, 0.3) is 0 Å². The molecular formula is C14H14O. The molecule has 1 aromatic carbocycles. The quantitative estimate of drug-likeness (QED) is 0.667. The molecule has 0 radical (unpaired) electrons. The van der Waals surface area contributed by atoms with Gasteiger partial charge in [-0.2, -0.15) is 0 Å². The molecule has 1 unspecified atom stereocenters.